The van der Waals surface area contributed by atoms with Crippen molar-refractivity contribution < 1.29 is 9.53 Å². The van der Waals surface area contributed by atoms with E-state index in [0.29, 0.717) is 12.4 Å². The van der Waals surface area contributed by atoms with Gasteiger partial charge in [0, 0.05) is 0 Å². The summed E-state index contributed by atoms with van der Waals surface area (Å²) in [6.07, 6.45) is 3.25. The number of nitrogens with one attached hydrogen (secondary N) is 1. The number of aromatic nitrogens is 1. The number of hydrogen-bond donors (Lipinski definition) is 1. The van der Waals surface area contributed by atoms with Crippen LogP contribution in [0.2, 0.25) is 0 Å². The minimum absolute atomic E-state index is 0.190. The third-order valence-corrected chi connectivity index (χ3v) is 6.73. The molecule has 0 spiro atoms. The zero-order chi connectivity index (χ0) is 19.9. The van der Waals surface area contributed by atoms with E-state index in [9.17, 15) is 4.79 Å². The third kappa shape index (κ3) is 5.66. The van der Waals surface area contributed by atoms with Crippen molar-refractivity contribution in [1.29, 1.82) is 0 Å². The zero-order valence-corrected chi connectivity index (χ0v) is 19.3. The second-order valence-electron chi connectivity index (χ2n) is 5.44. The van der Waals surface area contributed by atoms with E-state index >= 15 is 0 Å². The fraction of sp³-hybridized carbons (Fsp3) is 0.105. The van der Waals surface area contributed by atoms with Crippen molar-refractivity contribution in [3.05, 3.63) is 63.6 Å². The zero-order valence-electron chi connectivity index (χ0n) is 14.5. The first-order valence-electron chi connectivity index (χ1n) is 8.10. The van der Waals surface area contributed by atoms with Crippen LogP contribution in [0.15, 0.2) is 67.4 Å². The first kappa shape index (κ1) is 21.0. The van der Waals surface area contributed by atoms with Gasteiger partial charge in [-0.3, -0.25) is 4.79 Å². The number of rotatable bonds is 8. The highest BCUT2D eigenvalue weighted by Gasteiger charge is 2.09. The van der Waals surface area contributed by atoms with E-state index in [1.165, 1.54) is 11.8 Å². The minimum atomic E-state index is -0.190. The Bertz CT molecular complexity index is 981. The summed E-state index contributed by atoms with van der Waals surface area (Å²) in [6, 6.07) is 11.6. The molecule has 0 atom stereocenters. The lowest BCUT2D eigenvalue weighted by Crippen LogP contribution is -2.19. The maximum Gasteiger partial charge on any atom is 0.250 e. The van der Waals surface area contributed by atoms with Gasteiger partial charge in [0.15, 0.2) is 4.34 Å². The molecule has 3 aromatic rings. The molecular formula is C19H15Br2N3O2S2. The first-order chi connectivity index (χ1) is 13.6. The van der Waals surface area contributed by atoms with Gasteiger partial charge >= 0.3 is 0 Å². The molecule has 3 rings (SSSR count). The molecule has 1 N–H and O–H groups in total. The molecule has 0 saturated heterocycles. The van der Waals surface area contributed by atoms with Crippen LogP contribution < -0.4 is 10.2 Å². The Balaban J connectivity index is 1.53. The molecule has 0 radical (unpaired) electrons. The number of ether oxygens (including phenoxy) is 1. The molecule has 2 aromatic carbocycles. The van der Waals surface area contributed by atoms with Crippen LogP contribution in [-0.4, -0.2) is 29.5 Å². The maximum atomic E-state index is 12.0. The number of hydrazone groups is 1. The van der Waals surface area contributed by atoms with Gasteiger partial charge in [0.1, 0.15) is 12.4 Å². The van der Waals surface area contributed by atoms with Crippen LogP contribution in [0, 0.1) is 0 Å². The van der Waals surface area contributed by atoms with Gasteiger partial charge < -0.3 is 4.74 Å². The Morgan fingerprint density at radius 1 is 1.32 bits per heavy atom. The lowest BCUT2D eigenvalue weighted by molar-refractivity contribution is -0.118. The van der Waals surface area contributed by atoms with Gasteiger partial charge in [-0.1, -0.05) is 36.5 Å². The number of fused-ring (bicyclic) bond motifs is 1. The topological polar surface area (TPSA) is 63.6 Å². The molecule has 0 aliphatic carbocycles. The summed E-state index contributed by atoms with van der Waals surface area (Å²) in [5.41, 5.74) is 4.29. The largest absolute Gasteiger partial charge is 0.487 e. The highest BCUT2D eigenvalue weighted by molar-refractivity contribution is 9.11. The number of hydrogen-bond acceptors (Lipinski definition) is 6. The van der Waals surface area contributed by atoms with E-state index in [1.807, 2.05) is 36.4 Å². The number of thiazole rings is 1. The Kier molecular flexibility index (Phi) is 7.66. The summed E-state index contributed by atoms with van der Waals surface area (Å²) in [7, 11) is 0. The normalized spacial score (nSPS) is 11.1. The summed E-state index contributed by atoms with van der Waals surface area (Å²) in [4.78, 5) is 16.5. The number of amides is 1. The Labute approximate surface area is 187 Å². The van der Waals surface area contributed by atoms with Crippen molar-refractivity contribution in [3.63, 3.8) is 0 Å². The van der Waals surface area contributed by atoms with Crippen LogP contribution in [-0.2, 0) is 4.79 Å². The average molecular weight is 541 g/mol. The standard InChI is InChI=1S/C19H15Br2N3O2S2/c1-2-7-26-18-13(20)8-12(9-14(18)21)10-22-24-17(25)11-27-19-23-15-5-3-4-6-16(15)28-19/h2-6,8-10H,1,7,11H2,(H,24,25)/b22-10-. The number of halogens is 2. The molecule has 1 aromatic heterocycles. The van der Waals surface area contributed by atoms with Crippen LogP contribution in [0.3, 0.4) is 0 Å². The fourth-order valence-electron chi connectivity index (χ4n) is 2.19. The first-order valence-corrected chi connectivity index (χ1v) is 11.5. The van der Waals surface area contributed by atoms with Crippen molar-refractivity contribution in [2.45, 2.75) is 4.34 Å². The summed E-state index contributed by atoms with van der Waals surface area (Å²) >= 11 is 9.91. The molecule has 0 saturated carbocycles. The predicted octanol–water partition coefficient (Wildman–Crippen LogP) is 5.63. The van der Waals surface area contributed by atoms with E-state index in [-0.39, 0.29) is 11.7 Å². The quantitative estimate of drug-likeness (QED) is 0.174. The van der Waals surface area contributed by atoms with Gasteiger partial charge in [0.25, 0.3) is 5.91 Å². The molecule has 0 aliphatic rings. The van der Waals surface area contributed by atoms with Crippen LogP contribution >= 0.6 is 55.0 Å². The summed E-state index contributed by atoms with van der Waals surface area (Å²) in [5.74, 6) is 0.747. The van der Waals surface area contributed by atoms with Crippen molar-refractivity contribution >= 4 is 77.3 Å². The molecule has 28 heavy (non-hydrogen) atoms. The van der Waals surface area contributed by atoms with Gasteiger partial charge in [0.05, 0.1) is 31.1 Å². The maximum absolute atomic E-state index is 12.0. The highest BCUT2D eigenvalue weighted by atomic mass is 79.9. The Morgan fingerprint density at radius 2 is 2.07 bits per heavy atom. The summed E-state index contributed by atoms with van der Waals surface area (Å²) in [6.45, 7) is 4.04. The van der Waals surface area contributed by atoms with Gasteiger partial charge in [-0.2, -0.15) is 5.10 Å². The van der Waals surface area contributed by atoms with Gasteiger partial charge in [-0.25, -0.2) is 10.4 Å². The molecule has 0 fully saturated rings. The van der Waals surface area contributed by atoms with Crippen molar-refractivity contribution in [3.8, 4) is 5.75 Å². The van der Waals surface area contributed by atoms with Crippen molar-refractivity contribution in [2.24, 2.45) is 5.10 Å². The van der Waals surface area contributed by atoms with Crippen molar-refractivity contribution in [1.82, 2.24) is 10.4 Å². The second-order valence-corrected chi connectivity index (χ2v) is 9.40. The van der Waals surface area contributed by atoms with Gasteiger partial charge in [-0.15, -0.1) is 11.3 Å². The lowest BCUT2D eigenvalue weighted by Gasteiger charge is -2.09. The van der Waals surface area contributed by atoms with Crippen LogP contribution in [0.5, 0.6) is 5.75 Å². The van der Waals surface area contributed by atoms with Crippen LogP contribution in [0.4, 0.5) is 0 Å². The van der Waals surface area contributed by atoms with Gasteiger partial charge in [-0.05, 0) is 61.7 Å². The number of para-hydroxylation sites is 1. The molecule has 0 aliphatic heterocycles. The van der Waals surface area contributed by atoms with E-state index in [0.717, 1.165) is 29.1 Å². The van der Waals surface area contributed by atoms with E-state index in [2.05, 4.69) is 54.0 Å². The van der Waals surface area contributed by atoms with E-state index in [4.69, 9.17) is 4.74 Å². The summed E-state index contributed by atoms with van der Waals surface area (Å²) < 4.78 is 9.11. The number of benzene rings is 2. The Morgan fingerprint density at radius 3 is 2.79 bits per heavy atom. The molecule has 1 amide bonds. The fourth-order valence-corrected chi connectivity index (χ4v) is 5.50. The van der Waals surface area contributed by atoms with Crippen molar-refractivity contribution in [2.75, 3.05) is 12.4 Å². The monoisotopic (exact) mass is 539 g/mol. The second kappa shape index (κ2) is 10.2. The summed E-state index contributed by atoms with van der Waals surface area (Å²) in [5, 5.41) is 4.02. The lowest BCUT2D eigenvalue weighted by atomic mass is 10.2. The number of thioether (sulfide) groups is 1. The Hall–Kier alpha value is -1.68. The molecule has 1 heterocycles. The number of carbonyl (C=O) groups excluding carboxylic acids is 1. The third-order valence-electron chi connectivity index (χ3n) is 3.37. The number of nitrogens with zero attached hydrogens (tertiary/aromatic N) is 2. The molecule has 5 nitrogen and oxygen atoms in total. The molecule has 144 valence electrons. The van der Waals surface area contributed by atoms with Crippen LogP contribution in [0.25, 0.3) is 10.2 Å². The minimum Gasteiger partial charge on any atom is -0.487 e. The van der Waals surface area contributed by atoms with Crippen LogP contribution in [0.1, 0.15) is 5.56 Å². The van der Waals surface area contributed by atoms with E-state index in [1.54, 1.807) is 23.6 Å². The molecule has 0 bridgehead atoms. The number of carbonyl (C=O) groups is 1. The highest BCUT2D eigenvalue weighted by Crippen LogP contribution is 2.34. The smallest absolute Gasteiger partial charge is 0.250 e. The SMILES string of the molecule is C=CCOc1c(Br)cc(/C=N\NC(=O)CSc2nc3ccccc3s2)cc1Br. The van der Waals surface area contributed by atoms with Gasteiger partial charge in [0.2, 0.25) is 0 Å². The molecule has 9 heteroatoms. The molecular weight excluding hydrogens is 526 g/mol. The predicted molar refractivity (Wildman–Crippen MR) is 124 cm³/mol. The van der Waals surface area contributed by atoms with E-state index < -0.39 is 0 Å². The average Bonchev–Trinajstić information content (AvgIpc) is 3.09. The molecule has 0 unspecified atom stereocenters.